The smallest absolute Gasteiger partial charge is 0.404 e. The van der Waals surface area contributed by atoms with Gasteiger partial charge in [0.15, 0.2) is 0 Å². The fourth-order valence-corrected chi connectivity index (χ4v) is 4.39. The Morgan fingerprint density at radius 3 is 2.47 bits per heavy atom. The van der Waals surface area contributed by atoms with E-state index in [0.29, 0.717) is 6.42 Å². The number of aliphatic hydroxyl groups excluding tert-OH is 1. The van der Waals surface area contributed by atoms with E-state index < -0.39 is 12.2 Å². The summed E-state index contributed by atoms with van der Waals surface area (Å²) in [5.41, 5.74) is 10.7. The van der Waals surface area contributed by atoms with E-state index in [2.05, 4.69) is 22.4 Å². The second-order valence-electron chi connectivity index (χ2n) is 7.47. The summed E-state index contributed by atoms with van der Waals surface area (Å²) in [7, 11) is 0. The van der Waals surface area contributed by atoms with Crippen LogP contribution in [0.5, 0.6) is 0 Å². The fourth-order valence-electron chi connectivity index (χ4n) is 3.70. The van der Waals surface area contributed by atoms with Crippen LogP contribution >= 0.6 is 11.3 Å². The number of benzene rings is 2. The minimum Gasteiger partial charge on any atom is -0.465 e. The molecule has 5 N–H and O–H groups in total. The number of carboxylic acid groups (broad SMARTS) is 1. The molecule has 1 amide bonds. The highest BCUT2D eigenvalue weighted by Gasteiger charge is 2.26. The van der Waals surface area contributed by atoms with Crippen LogP contribution in [0.1, 0.15) is 28.3 Å². The second kappa shape index (κ2) is 10.8. The van der Waals surface area contributed by atoms with Crippen LogP contribution in [0, 0.1) is 5.92 Å². The summed E-state index contributed by atoms with van der Waals surface area (Å²) < 4.78 is 0. The topological polar surface area (TPSA) is 108 Å². The number of nitrogens with two attached hydrogens (primary N) is 1. The Morgan fingerprint density at radius 2 is 1.83 bits per heavy atom. The third-order valence-corrected chi connectivity index (χ3v) is 6.08. The highest BCUT2D eigenvalue weighted by molar-refractivity contribution is 7.09. The largest absolute Gasteiger partial charge is 0.465 e. The number of nitrogen functional groups attached to an aromatic ring is 1. The van der Waals surface area contributed by atoms with Crippen molar-refractivity contribution in [3.63, 3.8) is 0 Å². The minimum absolute atomic E-state index is 0.00217. The number of nitrogens with zero attached hydrogens (tertiary/aromatic N) is 1. The molecule has 0 saturated heterocycles. The lowest BCUT2D eigenvalue weighted by Gasteiger charge is -2.28. The first-order chi connectivity index (χ1) is 14.5. The van der Waals surface area contributed by atoms with Gasteiger partial charge in [0.05, 0.1) is 11.6 Å². The Balaban J connectivity index is 1.82. The number of rotatable bonds is 10. The van der Waals surface area contributed by atoms with Gasteiger partial charge in [0.25, 0.3) is 0 Å². The Kier molecular flexibility index (Phi) is 7.82. The lowest BCUT2D eigenvalue weighted by Crippen LogP contribution is -2.37. The van der Waals surface area contributed by atoms with Crippen molar-refractivity contribution in [1.29, 1.82) is 0 Å². The monoisotopic (exact) mass is 425 g/mol. The fraction of sp³-hybridized carbons (Fsp3) is 0.304. The van der Waals surface area contributed by atoms with Crippen molar-refractivity contribution in [1.82, 2.24) is 10.3 Å². The summed E-state index contributed by atoms with van der Waals surface area (Å²) in [5.74, 6) is 0.0588. The average Bonchev–Trinajstić information content (AvgIpc) is 3.26. The van der Waals surface area contributed by atoms with Crippen LogP contribution in [-0.4, -0.2) is 33.9 Å². The van der Waals surface area contributed by atoms with E-state index in [0.717, 1.165) is 23.4 Å². The summed E-state index contributed by atoms with van der Waals surface area (Å²) >= 11 is 1.55. The molecule has 1 heterocycles. The summed E-state index contributed by atoms with van der Waals surface area (Å²) in [6, 6.07) is 18.1. The standard InChI is InChI=1S/C23H27N3O3S/c24-20-8-6-16(7-9-20)10-18(17-4-2-1-3-5-17)11-19(12-21-13-25-15-30-21)22(27)14-26-23(28)29/h1-9,13,15,18-19,22,26-27H,10-12,14,24H2,(H,28,29)/t18?,19?,22-/m0/s1. The lowest BCUT2D eigenvalue weighted by molar-refractivity contribution is 0.0950. The SMILES string of the molecule is Nc1ccc(CC(CC(Cc2cncs2)[C@@H](O)CNC(=O)O)c2ccccc2)cc1. The molecular formula is C23H27N3O3S. The molecule has 3 atom stereocenters. The summed E-state index contributed by atoms with van der Waals surface area (Å²) in [4.78, 5) is 16.1. The first-order valence-electron chi connectivity index (χ1n) is 9.93. The Morgan fingerprint density at radius 1 is 1.10 bits per heavy atom. The van der Waals surface area contributed by atoms with Crippen LogP contribution in [0.4, 0.5) is 10.5 Å². The van der Waals surface area contributed by atoms with E-state index >= 15 is 0 Å². The van der Waals surface area contributed by atoms with Crippen molar-refractivity contribution >= 4 is 23.1 Å². The molecule has 0 fully saturated rings. The maximum Gasteiger partial charge on any atom is 0.404 e. The second-order valence-corrected chi connectivity index (χ2v) is 8.45. The zero-order valence-electron chi connectivity index (χ0n) is 16.6. The van der Waals surface area contributed by atoms with E-state index in [4.69, 9.17) is 10.8 Å². The van der Waals surface area contributed by atoms with Crippen molar-refractivity contribution < 1.29 is 15.0 Å². The molecule has 0 radical (unpaired) electrons. The molecule has 0 spiro atoms. The van der Waals surface area contributed by atoms with Crippen molar-refractivity contribution in [3.8, 4) is 0 Å². The number of hydrogen-bond acceptors (Lipinski definition) is 5. The van der Waals surface area contributed by atoms with Gasteiger partial charge >= 0.3 is 6.09 Å². The Hall–Kier alpha value is -2.90. The van der Waals surface area contributed by atoms with Crippen molar-refractivity contribution in [2.24, 2.45) is 5.92 Å². The van der Waals surface area contributed by atoms with Crippen molar-refractivity contribution in [3.05, 3.63) is 82.3 Å². The molecule has 0 aliphatic heterocycles. The summed E-state index contributed by atoms with van der Waals surface area (Å²) in [5, 5.41) is 22.0. The normalized spacial score (nSPS) is 14.0. The van der Waals surface area contributed by atoms with E-state index in [1.807, 2.05) is 48.7 Å². The Labute approximate surface area is 180 Å². The quantitative estimate of drug-likeness (QED) is 0.368. The summed E-state index contributed by atoms with van der Waals surface area (Å²) in [6.45, 7) is 0.00217. The number of aliphatic hydroxyl groups is 1. The molecule has 0 bridgehead atoms. The van der Waals surface area contributed by atoms with Crippen LogP contribution in [0.2, 0.25) is 0 Å². The van der Waals surface area contributed by atoms with Gasteiger partial charge < -0.3 is 21.3 Å². The van der Waals surface area contributed by atoms with Gasteiger partial charge in [-0.15, -0.1) is 11.3 Å². The average molecular weight is 426 g/mol. The number of amides is 1. The molecule has 3 aromatic rings. The predicted octanol–water partition coefficient (Wildman–Crippen LogP) is 3.93. The number of carbonyl (C=O) groups is 1. The van der Waals surface area contributed by atoms with E-state index in [-0.39, 0.29) is 18.4 Å². The third kappa shape index (κ3) is 6.57. The molecule has 158 valence electrons. The van der Waals surface area contributed by atoms with Crippen LogP contribution < -0.4 is 11.1 Å². The molecule has 30 heavy (non-hydrogen) atoms. The zero-order valence-corrected chi connectivity index (χ0v) is 17.5. The first kappa shape index (κ1) is 21.8. The van der Waals surface area contributed by atoms with Crippen molar-refractivity contribution in [2.45, 2.75) is 31.3 Å². The molecular weight excluding hydrogens is 398 g/mol. The van der Waals surface area contributed by atoms with Gasteiger partial charge in [-0.1, -0.05) is 42.5 Å². The molecule has 0 saturated carbocycles. The molecule has 2 unspecified atom stereocenters. The first-order valence-corrected chi connectivity index (χ1v) is 10.8. The maximum absolute atomic E-state index is 10.9. The molecule has 3 rings (SSSR count). The molecule has 1 aromatic heterocycles. The minimum atomic E-state index is -1.13. The molecule has 7 heteroatoms. The number of thiazole rings is 1. The van der Waals surface area contributed by atoms with E-state index in [1.165, 1.54) is 11.1 Å². The number of anilines is 1. The highest BCUT2D eigenvalue weighted by atomic mass is 32.1. The molecule has 2 aromatic carbocycles. The van der Waals surface area contributed by atoms with Crippen LogP contribution in [0.3, 0.4) is 0 Å². The van der Waals surface area contributed by atoms with Gasteiger partial charge in [0, 0.05) is 23.3 Å². The van der Waals surface area contributed by atoms with Gasteiger partial charge in [0.2, 0.25) is 0 Å². The van der Waals surface area contributed by atoms with Gasteiger partial charge in [-0.05, 0) is 54.4 Å². The van der Waals surface area contributed by atoms with Crippen molar-refractivity contribution in [2.75, 3.05) is 12.3 Å². The lowest BCUT2D eigenvalue weighted by atomic mass is 9.81. The van der Waals surface area contributed by atoms with Crippen LogP contribution in [-0.2, 0) is 12.8 Å². The number of hydrogen-bond donors (Lipinski definition) is 4. The Bertz CT molecular complexity index is 901. The molecule has 0 aliphatic rings. The number of nitrogens with one attached hydrogen (secondary N) is 1. The van der Waals surface area contributed by atoms with E-state index in [1.54, 1.807) is 16.8 Å². The van der Waals surface area contributed by atoms with Gasteiger partial charge in [-0.2, -0.15) is 0 Å². The van der Waals surface area contributed by atoms with Crippen LogP contribution in [0.15, 0.2) is 66.3 Å². The zero-order chi connectivity index (χ0) is 21.3. The maximum atomic E-state index is 10.9. The predicted molar refractivity (Wildman–Crippen MR) is 120 cm³/mol. The van der Waals surface area contributed by atoms with Crippen LogP contribution in [0.25, 0.3) is 0 Å². The molecule has 0 aliphatic carbocycles. The third-order valence-electron chi connectivity index (χ3n) is 5.27. The van der Waals surface area contributed by atoms with Gasteiger partial charge in [0.1, 0.15) is 0 Å². The van der Waals surface area contributed by atoms with Gasteiger partial charge in [-0.3, -0.25) is 4.98 Å². The highest BCUT2D eigenvalue weighted by Crippen LogP contribution is 2.32. The summed E-state index contributed by atoms with van der Waals surface area (Å²) in [6.07, 6.45) is 2.06. The molecule has 6 nitrogen and oxygen atoms in total. The van der Waals surface area contributed by atoms with E-state index in [9.17, 15) is 9.90 Å². The number of aromatic nitrogens is 1. The van der Waals surface area contributed by atoms with Gasteiger partial charge in [-0.25, -0.2) is 4.79 Å².